The fourth-order valence-electron chi connectivity index (χ4n) is 5.84. The van der Waals surface area contributed by atoms with Gasteiger partial charge < -0.3 is 14.2 Å². The van der Waals surface area contributed by atoms with Gasteiger partial charge in [0.15, 0.2) is 0 Å². The monoisotopic (exact) mass is 573 g/mol. The number of hydrogen-bond acceptors (Lipinski definition) is 3. The van der Waals surface area contributed by atoms with E-state index in [0.717, 1.165) is 22.5 Å². The van der Waals surface area contributed by atoms with E-state index in [1.54, 1.807) is 0 Å². The zero-order chi connectivity index (χ0) is 30.3. The first-order chi connectivity index (χ1) is 21.3. The van der Waals surface area contributed by atoms with Crippen LogP contribution in [0, 0.1) is 0 Å². The Labute approximate surface area is 260 Å². The molecule has 6 aromatic rings. The van der Waals surface area contributed by atoms with Crippen LogP contribution in [0.15, 0.2) is 146 Å². The van der Waals surface area contributed by atoms with Crippen LogP contribution in [0.25, 0.3) is 33.0 Å². The summed E-state index contributed by atoms with van der Waals surface area (Å²) in [6.07, 6.45) is 0. The molecule has 0 N–H and O–H groups in total. The van der Waals surface area contributed by atoms with Crippen molar-refractivity contribution in [2.75, 3.05) is 4.90 Å². The molecule has 3 nitrogen and oxygen atoms in total. The fourth-order valence-corrected chi connectivity index (χ4v) is 5.84. The third-order valence-corrected chi connectivity index (χ3v) is 9.09. The highest BCUT2D eigenvalue weighted by molar-refractivity contribution is 6.62. The highest BCUT2D eigenvalue weighted by atomic mass is 16.7. The third kappa shape index (κ3) is 5.32. The maximum Gasteiger partial charge on any atom is 0.494 e. The second-order valence-corrected chi connectivity index (χ2v) is 12.5. The van der Waals surface area contributed by atoms with Crippen LogP contribution in [0.3, 0.4) is 0 Å². The van der Waals surface area contributed by atoms with Crippen molar-refractivity contribution < 1.29 is 9.31 Å². The van der Waals surface area contributed by atoms with Gasteiger partial charge in [-0.1, -0.05) is 103 Å². The lowest BCUT2D eigenvalue weighted by atomic mass is 9.79. The largest absolute Gasteiger partial charge is 0.494 e. The van der Waals surface area contributed by atoms with E-state index in [1.807, 2.05) is 6.07 Å². The number of fused-ring (bicyclic) bond motifs is 1. The molecule has 1 aliphatic rings. The summed E-state index contributed by atoms with van der Waals surface area (Å²) in [5.74, 6) is 0. The molecular weight excluding hydrogens is 537 g/mol. The molecule has 1 saturated heterocycles. The van der Waals surface area contributed by atoms with E-state index in [-0.39, 0.29) is 0 Å². The van der Waals surface area contributed by atoms with Crippen molar-refractivity contribution in [2.24, 2.45) is 0 Å². The lowest BCUT2D eigenvalue weighted by Gasteiger charge is -2.32. The molecule has 216 valence electrons. The molecule has 4 heteroatoms. The summed E-state index contributed by atoms with van der Waals surface area (Å²) in [6, 6.07) is 51.8. The number of rotatable bonds is 6. The van der Waals surface area contributed by atoms with Gasteiger partial charge in [-0.15, -0.1) is 0 Å². The van der Waals surface area contributed by atoms with Crippen LogP contribution in [-0.2, 0) is 9.31 Å². The fraction of sp³-hybridized carbons (Fsp3) is 0.150. The van der Waals surface area contributed by atoms with Gasteiger partial charge in [-0.3, -0.25) is 0 Å². The first kappa shape index (κ1) is 28.2. The average Bonchev–Trinajstić information content (AvgIpc) is 3.28. The van der Waals surface area contributed by atoms with Gasteiger partial charge in [0.2, 0.25) is 0 Å². The maximum absolute atomic E-state index is 6.42. The lowest BCUT2D eigenvalue weighted by Crippen LogP contribution is -2.41. The smallest absolute Gasteiger partial charge is 0.399 e. The molecule has 0 spiro atoms. The highest BCUT2D eigenvalue weighted by Gasteiger charge is 2.51. The molecule has 0 unspecified atom stereocenters. The van der Waals surface area contributed by atoms with Crippen LogP contribution in [0.4, 0.5) is 17.1 Å². The first-order valence-electron chi connectivity index (χ1n) is 15.3. The number of benzene rings is 6. The Hall–Kier alpha value is -4.64. The summed E-state index contributed by atoms with van der Waals surface area (Å²) in [7, 11) is -0.433. The summed E-state index contributed by atoms with van der Waals surface area (Å²) in [5.41, 5.74) is 8.17. The van der Waals surface area contributed by atoms with Crippen molar-refractivity contribution in [3.63, 3.8) is 0 Å². The molecule has 0 amide bonds. The molecule has 0 radical (unpaired) electrons. The average molecular weight is 574 g/mol. The minimum atomic E-state index is -0.433. The van der Waals surface area contributed by atoms with Crippen LogP contribution in [-0.4, -0.2) is 18.3 Å². The van der Waals surface area contributed by atoms with E-state index in [0.29, 0.717) is 0 Å². The van der Waals surface area contributed by atoms with Crippen molar-refractivity contribution in [3.05, 3.63) is 146 Å². The Bertz CT molecular complexity index is 1900. The van der Waals surface area contributed by atoms with Crippen molar-refractivity contribution in [3.8, 4) is 22.3 Å². The third-order valence-electron chi connectivity index (χ3n) is 9.09. The van der Waals surface area contributed by atoms with Crippen LogP contribution >= 0.6 is 0 Å². The summed E-state index contributed by atoms with van der Waals surface area (Å²) in [5, 5.41) is 2.49. The van der Waals surface area contributed by atoms with Gasteiger partial charge in [0, 0.05) is 17.1 Å². The molecule has 0 aliphatic carbocycles. The molecule has 44 heavy (non-hydrogen) atoms. The Morgan fingerprint density at radius 1 is 0.432 bits per heavy atom. The molecule has 0 saturated carbocycles. The summed E-state index contributed by atoms with van der Waals surface area (Å²) in [4.78, 5) is 2.30. The van der Waals surface area contributed by atoms with Gasteiger partial charge in [-0.05, 0) is 109 Å². The molecule has 0 atom stereocenters. The van der Waals surface area contributed by atoms with Gasteiger partial charge in [0.05, 0.1) is 11.2 Å². The molecule has 1 fully saturated rings. The zero-order valence-electron chi connectivity index (χ0n) is 25.7. The lowest BCUT2D eigenvalue weighted by molar-refractivity contribution is 0.00578. The van der Waals surface area contributed by atoms with E-state index >= 15 is 0 Å². The normalized spacial score (nSPS) is 15.4. The van der Waals surface area contributed by atoms with E-state index < -0.39 is 18.3 Å². The van der Waals surface area contributed by atoms with Gasteiger partial charge in [0.1, 0.15) is 0 Å². The van der Waals surface area contributed by atoms with Crippen LogP contribution < -0.4 is 10.4 Å². The van der Waals surface area contributed by atoms with E-state index in [1.165, 1.54) is 33.0 Å². The van der Waals surface area contributed by atoms with Gasteiger partial charge in [-0.25, -0.2) is 0 Å². The van der Waals surface area contributed by atoms with Crippen LogP contribution in [0.2, 0.25) is 0 Å². The SMILES string of the molecule is CC1(C)OB(c2cccc(N(c3ccc(-c4ccccc4)cc3)c3ccc(-c4ccc5ccccc5c4)cc3)c2)OC1(C)C. The highest BCUT2D eigenvalue weighted by Crippen LogP contribution is 2.39. The molecule has 6 aromatic carbocycles. The maximum atomic E-state index is 6.42. The summed E-state index contributed by atoms with van der Waals surface area (Å²) < 4.78 is 12.8. The van der Waals surface area contributed by atoms with E-state index in [9.17, 15) is 0 Å². The van der Waals surface area contributed by atoms with Crippen molar-refractivity contribution in [1.82, 2.24) is 0 Å². The second kappa shape index (κ2) is 11.1. The van der Waals surface area contributed by atoms with Crippen LogP contribution in [0.1, 0.15) is 27.7 Å². The quantitative estimate of drug-likeness (QED) is 0.185. The van der Waals surface area contributed by atoms with Gasteiger partial charge in [0.25, 0.3) is 0 Å². The Morgan fingerprint density at radius 2 is 0.955 bits per heavy atom. The number of hydrogen-bond donors (Lipinski definition) is 0. The van der Waals surface area contributed by atoms with Crippen molar-refractivity contribution in [2.45, 2.75) is 38.9 Å². The Kier molecular flexibility index (Phi) is 7.12. The zero-order valence-corrected chi connectivity index (χ0v) is 25.7. The summed E-state index contributed by atoms with van der Waals surface area (Å²) >= 11 is 0. The number of anilines is 3. The van der Waals surface area contributed by atoms with E-state index in [4.69, 9.17) is 9.31 Å². The molecule has 7 rings (SSSR count). The molecule has 1 aliphatic heterocycles. The topological polar surface area (TPSA) is 21.7 Å². The number of nitrogens with zero attached hydrogens (tertiary/aromatic N) is 1. The van der Waals surface area contributed by atoms with Crippen molar-refractivity contribution in [1.29, 1.82) is 0 Å². The molecular formula is C40H36BNO2. The standard InChI is InChI=1S/C40H36BNO2/c1-39(2)40(3,4)44-41(43-39)35-15-10-16-38(28-35)42(36-23-19-31(20-24-36)29-11-6-5-7-12-29)37-25-21-32(22-26-37)34-18-17-30-13-8-9-14-33(30)27-34/h5-28H,1-4H3. The Balaban J connectivity index is 1.27. The molecule has 0 bridgehead atoms. The summed E-state index contributed by atoms with van der Waals surface area (Å²) in [6.45, 7) is 8.37. The Morgan fingerprint density at radius 3 is 1.59 bits per heavy atom. The molecule has 1 heterocycles. The van der Waals surface area contributed by atoms with Crippen molar-refractivity contribution >= 4 is 40.4 Å². The minimum Gasteiger partial charge on any atom is -0.399 e. The predicted octanol–water partition coefficient (Wildman–Crippen LogP) is 9.94. The van der Waals surface area contributed by atoms with Gasteiger partial charge in [-0.2, -0.15) is 0 Å². The first-order valence-corrected chi connectivity index (χ1v) is 15.3. The van der Waals surface area contributed by atoms with Crippen LogP contribution in [0.5, 0.6) is 0 Å². The molecule has 0 aromatic heterocycles. The predicted molar refractivity (Wildman–Crippen MR) is 185 cm³/mol. The van der Waals surface area contributed by atoms with E-state index in [2.05, 4.69) is 172 Å². The minimum absolute atomic E-state index is 0.404. The van der Waals surface area contributed by atoms with Gasteiger partial charge >= 0.3 is 7.12 Å². The second-order valence-electron chi connectivity index (χ2n) is 12.5.